The molecule has 3 rings (SSSR count). The highest BCUT2D eigenvalue weighted by molar-refractivity contribution is 9.10. The first-order chi connectivity index (χ1) is 11.5. The third-order valence-electron chi connectivity index (χ3n) is 4.88. The highest BCUT2D eigenvalue weighted by atomic mass is 79.9. The van der Waals surface area contributed by atoms with Gasteiger partial charge in [-0.3, -0.25) is 5.73 Å². The Bertz CT molecular complexity index is 791. The van der Waals surface area contributed by atoms with E-state index in [9.17, 15) is 10.5 Å². The van der Waals surface area contributed by atoms with Crippen LogP contribution in [0, 0.1) is 33.5 Å². The van der Waals surface area contributed by atoms with Gasteiger partial charge in [-0.05, 0) is 31.5 Å². The number of ether oxygens (including phenoxy) is 2. The lowest BCUT2D eigenvalue weighted by Gasteiger charge is -2.29. The summed E-state index contributed by atoms with van der Waals surface area (Å²) in [7, 11) is 0. The van der Waals surface area contributed by atoms with Crippen molar-refractivity contribution in [2.75, 3.05) is 13.2 Å². The van der Waals surface area contributed by atoms with Gasteiger partial charge >= 0.3 is 5.91 Å². The Morgan fingerprint density at radius 1 is 1.25 bits per heavy atom. The minimum absolute atomic E-state index is 0.221. The molecule has 0 saturated heterocycles. The molecule has 124 valence electrons. The van der Waals surface area contributed by atoms with E-state index in [2.05, 4.69) is 33.1 Å². The number of nitrogens with two attached hydrogens (primary N) is 1. The molecule has 3 N–H and O–H groups in total. The van der Waals surface area contributed by atoms with Crippen LogP contribution >= 0.6 is 15.9 Å². The molecular formula is C17H18BrN4O2+. The standard InChI is InChI=1S/C17H17BrN4O2/c1-3-23-17(24-4-2)16(10-20)13(11-6-5-7-12(18)8-11)15(16,9-19)14(21)22-17/h5-8,13H,3-4H2,1-2H3,(H2,21,22)/p+1. The zero-order chi connectivity index (χ0) is 17.6. The predicted octanol–water partition coefficient (Wildman–Crippen LogP) is 0.744. The van der Waals surface area contributed by atoms with Crippen LogP contribution in [0.1, 0.15) is 25.3 Å². The number of nitriles is 2. The molecule has 0 bridgehead atoms. The van der Waals surface area contributed by atoms with Gasteiger partial charge in [-0.2, -0.15) is 10.5 Å². The van der Waals surface area contributed by atoms with Crippen LogP contribution in [0.3, 0.4) is 0 Å². The second-order valence-corrected chi connectivity index (χ2v) is 6.76. The fourth-order valence-corrected chi connectivity index (χ4v) is 4.46. The van der Waals surface area contributed by atoms with Crippen LogP contribution < -0.4 is 10.7 Å². The van der Waals surface area contributed by atoms with E-state index in [1.54, 1.807) is 0 Å². The lowest BCUT2D eigenvalue weighted by molar-refractivity contribution is -0.693. The first kappa shape index (κ1) is 16.9. The van der Waals surface area contributed by atoms with E-state index in [4.69, 9.17) is 15.2 Å². The van der Waals surface area contributed by atoms with Crippen molar-refractivity contribution in [3.8, 4) is 12.1 Å². The SMILES string of the molecule is CCOC1(OCC)[NH+]=C(N)C2(C#N)C(c3cccc(Br)c3)C12C#N. The molecule has 3 atom stereocenters. The number of hydrogen-bond donors (Lipinski definition) is 2. The maximum Gasteiger partial charge on any atom is 0.343 e. The second-order valence-electron chi connectivity index (χ2n) is 5.85. The van der Waals surface area contributed by atoms with Crippen LogP contribution in [0.15, 0.2) is 28.7 Å². The first-order valence-electron chi connectivity index (χ1n) is 7.76. The Morgan fingerprint density at radius 3 is 2.42 bits per heavy atom. The number of hydrogen-bond acceptors (Lipinski definition) is 5. The van der Waals surface area contributed by atoms with Gasteiger partial charge in [0.05, 0.1) is 25.4 Å². The van der Waals surface area contributed by atoms with E-state index >= 15 is 0 Å². The van der Waals surface area contributed by atoms with E-state index in [0.29, 0.717) is 13.2 Å². The Morgan fingerprint density at radius 2 is 1.92 bits per heavy atom. The summed E-state index contributed by atoms with van der Waals surface area (Å²) >= 11 is 3.44. The largest absolute Gasteiger partial charge is 0.343 e. The van der Waals surface area contributed by atoms with Crippen molar-refractivity contribution >= 4 is 21.8 Å². The van der Waals surface area contributed by atoms with Crippen molar-refractivity contribution in [2.24, 2.45) is 16.6 Å². The second kappa shape index (κ2) is 5.56. The average Bonchev–Trinajstić information content (AvgIpc) is 3.14. The molecule has 1 heterocycles. The lowest BCUT2D eigenvalue weighted by Crippen LogP contribution is -2.91. The maximum atomic E-state index is 10.1. The van der Waals surface area contributed by atoms with Crippen LogP contribution in [0.5, 0.6) is 0 Å². The Labute approximate surface area is 149 Å². The Hall–Kier alpha value is -1.93. The molecule has 6 nitrogen and oxygen atoms in total. The summed E-state index contributed by atoms with van der Waals surface area (Å²) in [5.74, 6) is -1.65. The fraction of sp³-hybridized carbons (Fsp3) is 0.471. The Kier molecular flexibility index (Phi) is 3.92. The number of fused-ring (bicyclic) bond motifs is 1. The molecule has 1 saturated carbocycles. The van der Waals surface area contributed by atoms with Crippen LogP contribution in [0.2, 0.25) is 0 Å². The zero-order valence-electron chi connectivity index (χ0n) is 13.5. The normalized spacial score (nSPS) is 32.4. The van der Waals surface area contributed by atoms with Gasteiger partial charge in [0.1, 0.15) is 0 Å². The number of rotatable bonds is 5. The van der Waals surface area contributed by atoms with Crippen molar-refractivity contribution in [2.45, 2.75) is 25.7 Å². The molecular weight excluding hydrogens is 372 g/mol. The molecule has 1 aromatic carbocycles. The third kappa shape index (κ3) is 1.72. The van der Waals surface area contributed by atoms with Gasteiger partial charge in [0, 0.05) is 10.4 Å². The minimum atomic E-state index is -1.43. The van der Waals surface area contributed by atoms with Crippen LogP contribution in [0.25, 0.3) is 0 Å². The third-order valence-corrected chi connectivity index (χ3v) is 5.37. The van der Waals surface area contributed by atoms with Crippen molar-refractivity contribution < 1.29 is 14.5 Å². The topological polar surface area (TPSA) is 106 Å². The van der Waals surface area contributed by atoms with Crippen LogP contribution in [0.4, 0.5) is 0 Å². The van der Waals surface area contributed by atoms with Gasteiger partial charge in [0.15, 0.2) is 10.8 Å². The smallest absolute Gasteiger partial charge is 0.314 e. The van der Waals surface area contributed by atoms with E-state index in [-0.39, 0.29) is 5.84 Å². The van der Waals surface area contributed by atoms with Crippen molar-refractivity contribution in [3.63, 3.8) is 0 Å². The van der Waals surface area contributed by atoms with Crippen molar-refractivity contribution in [1.29, 1.82) is 10.5 Å². The summed E-state index contributed by atoms with van der Waals surface area (Å²) in [6.45, 7) is 4.26. The number of nitrogens with zero attached hydrogens (tertiary/aromatic N) is 2. The van der Waals surface area contributed by atoms with Crippen molar-refractivity contribution in [3.05, 3.63) is 34.3 Å². The molecule has 7 heteroatoms. The van der Waals surface area contributed by atoms with E-state index in [1.165, 1.54) is 0 Å². The highest BCUT2D eigenvalue weighted by Crippen LogP contribution is 2.78. The summed E-state index contributed by atoms with van der Waals surface area (Å²) in [6.07, 6.45) is 0. The van der Waals surface area contributed by atoms with Gasteiger partial charge in [0.2, 0.25) is 0 Å². The summed E-state index contributed by atoms with van der Waals surface area (Å²) in [6, 6.07) is 12.1. The van der Waals surface area contributed by atoms with Gasteiger partial charge < -0.3 is 9.47 Å². The van der Waals surface area contributed by atoms with Gasteiger partial charge in [-0.25, -0.2) is 4.99 Å². The van der Waals surface area contributed by atoms with E-state index < -0.39 is 22.7 Å². The molecule has 0 spiro atoms. The summed E-state index contributed by atoms with van der Waals surface area (Å²) in [5, 5.41) is 20.0. The molecule has 24 heavy (non-hydrogen) atoms. The zero-order valence-corrected chi connectivity index (χ0v) is 15.1. The summed E-state index contributed by atoms with van der Waals surface area (Å²) in [5.41, 5.74) is 4.60. The Balaban J connectivity index is 2.23. The van der Waals surface area contributed by atoms with Gasteiger partial charge in [0.25, 0.3) is 5.84 Å². The molecule has 1 aromatic rings. The van der Waals surface area contributed by atoms with Crippen molar-refractivity contribution in [1.82, 2.24) is 0 Å². The maximum absolute atomic E-state index is 10.1. The van der Waals surface area contributed by atoms with E-state index in [1.807, 2.05) is 38.1 Å². The molecule has 1 fully saturated rings. The predicted molar refractivity (Wildman–Crippen MR) is 89.1 cm³/mol. The molecule has 3 unspecified atom stereocenters. The molecule has 0 radical (unpaired) electrons. The molecule has 0 aromatic heterocycles. The molecule has 1 aliphatic carbocycles. The monoisotopic (exact) mass is 389 g/mol. The van der Waals surface area contributed by atoms with Gasteiger partial charge in [-0.1, -0.05) is 28.1 Å². The average molecular weight is 390 g/mol. The molecule has 0 amide bonds. The van der Waals surface area contributed by atoms with Gasteiger partial charge in [-0.15, -0.1) is 0 Å². The molecule has 2 aliphatic rings. The minimum Gasteiger partial charge on any atom is -0.314 e. The summed E-state index contributed by atoms with van der Waals surface area (Å²) in [4.78, 5) is 2.96. The number of benzene rings is 1. The van der Waals surface area contributed by atoms with Crippen LogP contribution in [-0.2, 0) is 9.47 Å². The first-order valence-corrected chi connectivity index (χ1v) is 8.56. The van der Waals surface area contributed by atoms with E-state index in [0.717, 1.165) is 10.0 Å². The lowest BCUT2D eigenvalue weighted by atomic mass is 9.93. The number of halogens is 1. The quantitative estimate of drug-likeness (QED) is 0.722. The number of nitrogens with one attached hydrogen (secondary N) is 1. The highest BCUT2D eigenvalue weighted by Gasteiger charge is 2.97. The van der Waals surface area contributed by atoms with Crippen LogP contribution in [-0.4, -0.2) is 25.0 Å². The summed E-state index contributed by atoms with van der Waals surface area (Å²) < 4.78 is 12.5. The number of amidine groups is 1. The molecule has 1 aliphatic heterocycles. The fourth-order valence-electron chi connectivity index (χ4n) is 4.04.